The summed E-state index contributed by atoms with van der Waals surface area (Å²) in [6.45, 7) is 39.0. The van der Waals surface area contributed by atoms with Crippen LogP contribution in [0.5, 0.6) is 0 Å². The molecule has 0 saturated heterocycles. The van der Waals surface area contributed by atoms with E-state index in [1.54, 1.807) is 0 Å². The van der Waals surface area contributed by atoms with Gasteiger partial charge < -0.3 is 14.1 Å². The zero-order chi connectivity index (χ0) is 53.3. The summed E-state index contributed by atoms with van der Waals surface area (Å²) in [5.74, 6) is 0. The molecule has 0 saturated carbocycles. The van der Waals surface area contributed by atoms with Crippen molar-refractivity contribution < 1.29 is 4.42 Å². The average molecular weight is 1020 g/mol. The number of nitrogens with zero attached hydrogens (tertiary/aromatic N) is 2. The van der Waals surface area contributed by atoms with E-state index in [0.717, 1.165) is 35.8 Å². The van der Waals surface area contributed by atoms with E-state index in [-0.39, 0.29) is 44.8 Å². The number of rotatable bonds is 2. The first-order chi connectivity index (χ1) is 35.7. The molecule has 0 fully saturated rings. The van der Waals surface area contributed by atoms with Gasteiger partial charge in [0.2, 0.25) is 0 Å². The molecule has 0 N–H and O–H groups in total. The fourth-order valence-electron chi connectivity index (χ4n) is 15.2. The highest BCUT2D eigenvalue weighted by Crippen LogP contribution is 2.58. The molecule has 0 bridgehead atoms. The summed E-state index contributed by atoms with van der Waals surface area (Å²) in [6.07, 6.45) is 7.03. The molecular weight excluding hydrogens is 940 g/mol. The summed E-state index contributed by atoms with van der Waals surface area (Å²) < 4.78 is 10.2. The Labute approximate surface area is 457 Å². The van der Waals surface area contributed by atoms with E-state index in [1.165, 1.54) is 140 Å². The van der Waals surface area contributed by atoms with E-state index < -0.39 is 0 Å². The molecule has 14 rings (SSSR count). The molecule has 0 amide bonds. The molecule has 0 atom stereocenters. The van der Waals surface area contributed by atoms with Gasteiger partial charge in [-0.25, -0.2) is 0 Å². The third kappa shape index (κ3) is 6.72. The summed E-state index contributed by atoms with van der Waals surface area (Å²) in [4.78, 5) is 5.49. The van der Waals surface area contributed by atoms with Crippen LogP contribution in [0.1, 0.15) is 187 Å². The molecule has 386 valence electrons. The molecule has 4 heterocycles. The molecule has 0 radical (unpaired) electrons. The predicted molar refractivity (Wildman–Crippen MR) is 330 cm³/mol. The van der Waals surface area contributed by atoms with Crippen molar-refractivity contribution in [2.45, 2.75) is 187 Å². The van der Waals surface area contributed by atoms with Gasteiger partial charge >= 0.3 is 6.85 Å². The molecule has 2 aliphatic heterocycles. The number of para-hydroxylation sites is 1. The Kier molecular flexibility index (Phi) is 9.77. The molecule has 2 aromatic heterocycles. The molecule has 0 unspecified atom stereocenters. The van der Waals surface area contributed by atoms with Gasteiger partial charge in [0, 0.05) is 59.3 Å². The van der Waals surface area contributed by atoms with Crippen LogP contribution >= 0.6 is 11.3 Å². The van der Waals surface area contributed by atoms with Crippen molar-refractivity contribution in [3.63, 3.8) is 0 Å². The number of fused-ring (bicyclic) bond motifs is 14. The first kappa shape index (κ1) is 48.6. The fourth-order valence-corrected chi connectivity index (χ4v) is 16.3. The lowest BCUT2D eigenvalue weighted by Gasteiger charge is -2.49. The molecule has 0 spiro atoms. The van der Waals surface area contributed by atoms with Crippen molar-refractivity contribution in [3.05, 3.63) is 148 Å². The Bertz CT molecular complexity index is 4010. The van der Waals surface area contributed by atoms with Crippen LogP contribution in [0.2, 0.25) is 0 Å². The monoisotopic (exact) mass is 1020 g/mol. The summed E-state index contributed by atoms with van der Waals surface area (Å²) in [5.41, 5.74) is 25.4. The van der Waals surface area contributed by atoms with Crippen LogP contribution in [0.4, 0.5) is 28.4 Å². The number of hydrogen-bond donors (Lipinski definition) is 0. The Balaban J connectivity index is 1.16. The highest BCUT2D eigenvalue weighted by Gasteiger charge is 2.50. The molecule has 76 heavy (non-hydrogen) atoms. The molecule has 9 aromatic rings. The van der Waals surface area contributed by atoms with Crippen molar-refractivity contribution in [2.24, 2.45) is 0 Å². The van der Waals surface area contributed by atoms with Crippen LogP contribution in [0.3, 0.4) is 0 Å². The van der Waals surface area contributed by atoms with Crippen molar-refractivity contribution in [3.8, 4) is 11.1 Å². The molecule has 3 nitrogen and oxygen atoms in total. The number of thiophene rings is 1. The van der Waals surface area contributed by atoms with Crippen LogP contribution in [0.15, 0.2) is 108 Å². The van der Waals surface area contributed by atoms with Crippen LogP contribution < -0.4 is 20.6 Å². The van der Waals surface area contributed by atoms with E-state index in [2.05, 4.69) is 224 Å². The second-order valence-electron chi connectivity index (χ2n) is 29.4. The Morgan fingerprint density at radius 3 is 1.59 bits per heavy atom. The van der Waals surface area contributed by atoms with E-state index in [0.29, 0.717) is 0 Å². The second kappa shape index (κ2) is 15.3. The standard InChI is InChI=1S/C71H77BN2OS/c1-40-31-49-52(69(11,12)28-25-66(49,5)6)36-56(40)73-58-37-53-51(68(9,10)27-29-70(53,13)14)35-55(58)72-62-47(33-48-43-19-17-18-20-59(43)75-64(48)63(62)73)44-32-45-46-34-50-54(71(15,16)30-26-67(50,7)8)38-60(46)76-61(45)39-57(44)74(72)42-23-21-41(22-24-42)65(2,3)4/h17-24,31-39H,25-30H2,1-16H3. The first-order valence-corrected chi connectivity index (χ1v) is 29.6. The van der Waals surface area contributed by atoms with Crippen LogP contribution in [-0.2, 0) is 37.9 Å². The van der Waals surface area contributed by atoms with Crippen molar-refractivity contribution in [2.75, 3.05) is 9.71 Å². The number of furan rings is 1. The highest BCUT2D eigenvalue weighted by molar-refractivity contribution is 7.26. The van der Waals surface area contributed by atoms with Gasteiger partial charge in [-0.05, 0) is 205 Å². The third-order valence-corrected chi connectivity index (χ3v) is 21.6. The van der Waals surface area contributed by atoms with Gasteiger partial charge in [0.15, 0.2) is 5.58 Å². The quantitative estimate of drug-likeness (QED) is 0.161. The zero-order valence-corrected chi connectivity index (χ0v) is 49.2. The summed E-state index contributed by atoms with van der Waals surface area (Å²) >= 11 is 1.99. The maximum atomic E-state index is 7.43. The SMILES string of the molecule is Cc1cc2c(cc1N1c3cc4c(cc3B3c5c(cc6c(oc7ccccc76)c51)-c1cc5c(cc1N3c1ccc(C(C)(C)C)cc1)sc1cc3c(cc15)C(C)(C)CCC3(C)C)C(C)(C)CCC4(C)C)C(C)(C)CCC2(C)C. The number of benzene rings is 7. The van der Waals surface area contributed by atoms with Crippen molar-refractivity contribution >= 4 is 99.7 Å². The molecule has 7 aromatic carbocycles. The zero-order valence-electron chi connectivity index (χ0n) is 48.3. The smallest absolute Gasteiger partial charge is 0.333 e. The lowest BCUT2D eigenvalue weighted by molar-refractivity contribution is 0.331. The van der Waals surface area contributed by atoms with Gasteiger partial charge in [-0.3, -0.25) is 0 Å². The van der Waals surface area contributed by atoms with Gasteiger partial charge in [0.05, 0.1) is 5.69 Å². The minimum atomic E-state index is -0.151. The van der Waals surface area contributed by atoms with Crippen molar-refractivity contribution in [1.82, 2.24) is 0 Å². The van der Waals surface area contributed by atoms with Gasteiger partial charge in [-0.15, -0.1) is 11.3 Å². The van der Waals surface area contributed by atoms with Crippen LogP contribution in [0.25, 0.3) is 53.2 Å². The molecule has 5 aliphatic rings. The second-order valence-corrected chi connectivity index (χ2v) is 30.5. The maximum absolute atomic E-state index is 7.43. The number of anilines is 5. The normalized spacial score (nSPS) is 20.1. The highest BCUT2D eigenvalue weighted by atomic mass is 32.1. The van der Waals surface area contributed by atoms with Gasteiger partial charge in [-0.2, -0.15) is 0 Å². The predicted octanol–water partition coefficient (Wildman–Crippen LogP) is 19.3. The van der Waals surface area contributed by atoms with Crippen LogP contribution in [-0.4, -0.2) is 6.85 Å². The number of hydrogen-bond acceptors (Lipinski definition) is 4. The lowest BCUT2D eigenvalue weighted by atomic mass is 9.42. The topological polar surface area (TPSA) is 19.6 Å². The summed E-state index contributed by atoms with van der Waals surface area (Å²) in [7, 11) is 0. The molecule has 3 aliphatic carbocycles. The van der Waals surface area contributed by atoms with Gasteiger partial charge in [0.1, 0.15) is 5.58 Å². The van der Waals surface area contributed by atoms with E-state index in [4.69, 9.17) is 4.42 Å². The van der Waals surface area contributed by atoms with E-state index in [1.807, 2.05) is 11.3 Å². The average Bonchev–Trinajstić information content (AvgIpc) is 4.04. The molecule has 5 heteroatoms. The first-order valence-electron chi connectivity index (χ1n) is 28.7. The van der Waals surface area contributed by atoms with E-state index in [9.17, 15) is 0 Å². The Morgan fingerprint density at radius 2 is 0.987 bits per heavy atom. The minimum absolute atomic E-state index is 0.00264. The third-order valence-electron chi connectivity index (χ3n) is 20.5. The van der Waals surface area contributed by atoms with Crippen LogP contribution in [0, 0.1) is 6.92 Å². The fraction of sp³-hybridized carbons (Fsp3) is 0.408. The largest absolute Gasteiger partial charge is 0.454 e. The van der Waals surface area contributed by atoms with Gasteiger partial charge in [0.25, 0.3) is 0 Å². The molecular formula is C71H77BN2OS. The number of aryl methyl sites for hydroxylation is 1. The van der Waals surface area contributed by atoms with Gasteiger partial charge in [-0.1, -0.05) is 146 Å². The maximum Gasteiger partial charge on any atom is 0.333 e. The Morgan fingerprint density at radius 1 is 0.487 bits per heavy atom. The lowest BCUT2D eigenvalue weighted by Crippen LogP contribution is -2.62. The summed E-state index contributed by atoms with van der Waals surface area (Å²) in [5, 5.41) is 5.08. The minimum Gasteiger partial charge on any atom is -0.454 e. The summed E-state index contributed by atoms with van der Waals surface area (Å²) in [6, 6.07) is 42.0. The van der Waals surface area contributed by atoms with E-state index >= 15 is 0 Å². The Hall–Kier alpha value is -5.78. The van der Waals surface area contributed by atoms with Crippen molar-refractivity contribution in [1.29, 1.82) is 0 Å².